The van der Waals surface area contributed by atoms with Gasteiger partial charge in [0.15, 0.2) is 5.82 Å². The summed E-state index contributed by atoms with van der Waals surface area (Å²) < 4.78 is 5.79. The molecule has 0 spiro atoms. The highest BCUT2D eigenvalue weighted by Crippen LogP contribution is 2.27. The minimum absolute atomic E-state index is 0.0214. The van der Waals surface area contributed by atoms with Gasteiger partial charge >= 0.3 is 0 Å². The maximum absolute atomic E-state index is 6.03. The summed E-state index contributed by atoms with van der Waals surface area (Å²) in [6, 6.07) is 0. The molecule has 0 saturated carbocycles. The van der Waals surface area contributed by atoms with Crippen molar-refractivity contribution in [3.63, 3.8) is 0 Å². The molecule has 0 bridgehead atoms. The average molecular weight is 248 g/mol. The molecule has 2 aliphatic rings. The maximum atomic E-state index is 6.03. The lowest BCUT2D eigenvalue weighted by Crippen LogP contribution is -2.38. The van der Waals surface area contributed by atoms with Gasteiger partial charge in [0.2, 0.25) is 0 Å². The third-order valence-corrected chi connectivity index (χ3v) is 3.87. The molecule has 1 saturated heterocycles. The van der Waals surface area contributed by atoms with Crippen LogP contribution in [0.2, 0.25) is 0 Å². The van der Waals surface area contributed by atoms with Crippen LogP contribution in [0.15, 0.2) is 0 Å². The number of aryl methyl sites for hydroxylation is 1. The molecule has 98 valence electrons. The molecule has 0 amide bonds. The van der Waals surface area contributed by atoms with Gasteiger partial charge in [0.1, 0.15) is 11.9 Å². The maximum Gasteiger partial charge on any atom is 0.161 e. The SMILES string of the molecule is CCN1CCOC(c2nc(N)c3c(n2)CCC3)C1. The van der Waals surface area contributed by atoms with E-state index >= 15 is 0 Å². The minimum Gasteiger partial charge on any atom is -0.383 e. The van der Waals surface area contributed by atoms with Crippen LogP contribution in [-0.4, -0.2) is 41.1 Å². The number of rotatable bonds is 2. The molecule has 1 aromatic heterocycles. The molecule has 3 rings (SSSR count). The van der Waals surface area contributed by atoms with Crippen LogP contribution in [0.1, 0.15) is 36.5 Å². The summed E-state index contributed by atoms with van der Waals surface area (Å²) in [5, 5.41) is 0. The number of nitrogen functional groups attached to an aromatic ring is 1. The molecule has 0 aromatic carbocycles. The summed E-state index contributed by atoms with van der Waals surface area (Å²) in [6.45, 7) is 5.82. The van der Waals surface area contributed by atoms with Crippen molar-refractivity contribution >= 4 is 5.82 Å². The van der Waals surface area contributed by atoms with Crippen molar-refractivity contribution in [1.82, 2.24) is 14.9 Å². The van der Waals surface area contributed by atoms with E-state index in [1.165, 1.54) is 0 Å². The van der Waals surface area contributed by atoms with Crippen molar-refractivity contribution in [3.05, 3.63) is 17.1 Å². The number of anilines is 1. The van der Waals surface area contributed by atoms with E-state index in [-0.39, 0.29) is 6.10 Å². The zero-order valence-corrected chi connectivity index (χ0v) is 10.9. The van der Waals surface area contributed by atoms with Crippen LogP contribution in [0.25, 0.3) is 0 Å². The Labute approximate surface area is 107 Å². The first-order valence-corrected chi connectivity index (χ1v) is 6.77. The molecule has 5 heteroatoms. The van der Waals surface area contributed by atoms with Gasteiger partial charge < -0.3 is 10.5 Å². The van der Waals surface area contributed by atoms with E-state index in [4.69, 9.17) is 10.5 Å². The Morgan fingerprint density at radius 2 is 2.28 bits per heavy atom. The molecule has 5 nitrogen and oxygen atoms in total. The minimum atomic E-state index is -0.0214. The highest BCUT2D eigenvalue weighted by molar-refractivity contribution is 5.44. The number of aromatic nitrogens is 2. The van der Waals surface area contributed by atoms with Crippen LogP contribution in [-0.2, 0) is 17.6 Å². The number of fused-ring (bicyclic) bond motifs is 1. The van der Waals surface area contributed by atoms with Gasteiger partial charge in [-0.25, -0.2) is 9.97 Å². The summed E-state index contributed by atoms with van der Waals surface area (Å²) in [7, 11) is 0. The predicted octanol–water partition coefficient (Wildman–Crippen LogP) is 0.941. The second-order valence-electron chi connectivity index (χ2n) is 5.00. The number of morpholine rings is 1. The number of hydrogen-bond donors (Lipinski definition) is 1. The highest BCUT2D eigenvalue weighted by atomic mass is 16.5. The van der Waals surface area contributed by atoms with E-state index in [1.54, 1.807) is 0 Å². The summed E-state index contributed by atoms with van der Waals surface area (Å²) in [5.41, 5.74) is 8.31. The summed E-state index contributed by atoms with van der Waals surface area (Å²) in [6.07, 6.45) is 3.17. The monoisotopic (exact) mass is 248 g/mol. The second kappa shape index (κ2) is 4.82. The number of ether oxygens (including phenoxy) is 1. The van der Waals surface area contributed by atoms with Gasteiger partial charge in [0.25, 0.3) is 0 Å². The summed E-state index contributed by atoms with van der Waals surface area (Å²) >= 11 is 0. The van der Waals surface area contributed by atoms with E-state index in [0.717, 1.165) is 62.6 Å². The topological polar surface area (TPSA) is 64.3 Å². The van der Waals surface area contributed by atoms with Crippen molar-refractivity contribution < 1.29 is 4.74 Å². The van der Waals surface area contributed by atoms with E-state index in [1.807, 2.05) is 0 Å². The molecular weight excluding hydrogens is 228 g/mol. The Balaban J connectivity index is 1.86. The lowest BCUT2D eigenvalue weighted by molar-refractivity contribution is -0.0325. The Morgan fingerprint density at radius 3 is 3.11 bits per heavy atom. The smallest absolute Gasteiger partial charge is 0.161 e. The normalized spacial score (nSPS) is 24.2. The molecule has 2 heterocycles. The van der Waals surface area contributed by atoms with Gasteiger partial charge in [-0.05, 0) is 25.8 Å². The zero-order valence-electron chi connectivity index (χ0n) is 10.9. The van der Waals surface area contributed by atoms with Crippen molar-refractivity contribution in [2.75, 3.05) is 32.0 Å². The Bertz CT molecular complexity index is 449. The van der Waals surface area contributed by atoms with Gasteiger partial charge in [0.05, 0.1) is 6.61 Å². The van der Waals surface area contributed by atoms with Crippen molar-refractivity contribution in [2.45, 2.75) is 32.3 Å². The lowest BCUT2D eigenvalue weighted by Gasteiger charge is -2.31. The summed E-state index contributed by atoms with van der Waals surface area (Å²) in [5.74, 6) is 1.43. The van der Waals surface area contributed by atoms with E-state index in [2.05, 4.69) is 21.8 Å². The second-order valence-corrected chi connectivity index (χ2v) is 5.00. The van der Waals surface area contributed by atoms with E-state index in [0.29, 0.717) is 5.82 Å². The van der Waals surface area contributed by atoms with Crippen LogP contribution < -0.4 is 5.73 Å². The molecular formula is C13H20N4O. The molecule has 1 aliphatic heterocycles. The first kappa shape index (κ1) is 11.9. The predicted molar refractivity (Wildman–Crippen MR) is 69.3 cm³/mol. The molecule has 18 heavy (non-hydrogen) atoms. The molecule has 0 radical (unpaired) electrons. The third kappa shape index (κ3) is 2.08. The zero-order chi connectivity index (χ0) is 12.5. The van der Waals surface area contributed by atoms with Crippen LogP contribution in [0.4, 0.5) is 5.82 Å². The van der Waals surface area contributed by atoms with Gasteiger partial charge in [0, 0.05) is 24.3 Å². The quantitative estimate of drug-likeness (QED) is 0.844. The van der Waals surface area contributed by atoms with Crippen molar-refractivity contribution in [3.8, 4) is 0 Å². The molecule has 1 aromatic rings. The lowest BCUT2D eigenvalue weighted by atomic mass is 10.2. The highest BCUT2D eigenvalue weighted by Gasteiger charge is 2.26. The first-order valence-electron chi connectivity index (χ1n) is 6.77. The molecule has 1 aliphatic carbocycles. The number of nitrogens with zero attached hydrogens (tertiary/aromatic N) is 3. The van der Waals surface area contributed by atoms with Crippen molar-refractivity contribution in [2.24, 2.45) is 0 Å². The fourth-order valence-corrected chi connectivity index (χ4v) is 2.77. The van der Waals surface area contributed by atoms with Crippen LogP contribution in [0.5, 0.6) is 0 Å². The van der Waals surface area contributed by atoms with Gasteiger partial charge in [-0.1, -0.05) is 6.92 Å². The average Bonchev–Trinajstić information content (AvgIpc) is 2.87. The Kier molecular flexibility index (Phi) is 3.18. The van der Waals surface area contributed by atoms with Gasteiger partial charge in [-0.2, -0.15) is 0 Å². The fourth-order valence-electron chi connectivity index (χ4n) is 2.77. The van der Waals surface area contributed by atoms with E-state index in [9.17, 15) is 0 Å². The standard InChI is InChI=1S/C13H20N4O/c1-2-17-6-7-18-11(8-17)13-15-10-5-3-4-9(10)12(14)16-13/h11H,2-8H2,1H3,(H2,14,15,16). The van der Waals surface area contributed by atoms with Crippen molar-refractivity contribution in [1.29, 1.82) is 0 Å². The summed E-state index contributed by atoms with van der Waals surface area (Å²) in [4.78, 5) is 11.5. The molecule has 1 unspecified atom stereocenters. The fraction of sp³-hybridized carbons (Fsp3) is 0.692. The number of nitrogens with two attached hydrogens (primary N) is 1. The van der Waals surface area contributed by atoms with Crippen LogP contribution in [0.3, 0.4) is 0 Å². The largest absolute Gasteiger partial charge is 0.383 e. The molecule has 1 fully saturated rings. The van der Waals surface area contributed by atoms with E-state index < -0.39 is 0 Å². The third-order valence-electron chi connectivity index (χ3n) is 3.87. The van der Waals surface area contributed by atoms with Gasteiger partial charge in [-0.15, -0.1) is 0 Å². The Hall–Kier alpha value is -1.20. The first-order chi connectivity index (χ1) is 8.78. The number of likely N-dealkylation sites (N-methyl/N-ethyl adjacent to an activating group) is 1. The van der Waals surface area contributed by atoms with Crippen LogP contribution in [0, 0.1) is 0 Å². The van der Waals surface area contributed by atoms with Gasteiger partial charge in [-0.3, -0.25) is 4.90 Å². The van der Waals surface area contributed by atoms with Crippen LogP contribution >= 0.6 is 0 Å². The molecule has 2 N–H and O–H groups in total. The molecule has 1 atom stereocenters. The Morgan fingerprint density at radius 1 is 1.39 bits per heavy atom. The number of hydrogen-bond acceptors (Lipinski definition) is 5.